The molecule has 1 aromatic carbocycles. The molecule has 1 atom stereocenters. The lowest BCUT2D eigenvalue weighted by Gasteiger charge is -2.31. The Balaban J connectivity index is 1.61. The van der Waals surface area contributed by atoms with Crippen molar-refractivity contribution in [3.63, 3.8) is 0 Å². The third kappa shape index (κ3) is 5.05. The van der Waals surface area contributed by atoms with E-state index in [0.29, 0.717) is 25.7 Å². The van der Waals surface area contributed by atoms with Crippen LogP contribution in [-0.2, 0) is 16.0 Å². The quantitative estimate of drug-likeness (QED) is 0.872. The minimum absolute atomic E-state index is 0.0471. The van der Waals surface area contributed by atoms with E-state index in [1.165, 1.54) is 31.4 Å². The molecule has 0 bridgehead atoms. The second-order valence-electron chi connectivity index (χ2n) is 7.78. The first-order valence-corrected chi connectivity index (χ1v) is 9.90. The monoisotopic (exact) mass is 360 g/mol. The van der Waals surface area contributed by atoms with Crippen LogP contribution in [0.25, 0.3) is 0 Å². The van der Waals surface area contributed by atoms with Crippen LogP contribution in [0.5, 0.6) is 0 Å². The fourth-order valence-electron chi connectivity index (χ4n) is 4.18. The number of hydrogen-bond donors (Lipinski definition) is 1. The molecule has 1 aromatic rings. The summed E-state index contributed by atoms with van der Waals surface area (Å²) in [5.74, 6) is -0.0112. The third-order valence-corrected chi connectivity index (χ3v) is 5.72. The van der Waals surface area contributed by atoms with Crippen LogP contribution in [0.2, 0.25) is 0 Å². The molecule has 2 saturated heterocycles. The molecule has 0 radical (unpaired) electrons. The molecule has 2 aliphatic rings. The van der Waals surface area contributed by atoms with E-state index in [9.17, 15) is 14.0 Å². The molecule has 2 amide bonds. The van der Waals surface area contributed by atoms with Crippen molar-refractivity contribution in [2.45, 2.75) is 69.7 Å². The summed E-state index contributed by atoms with van der Waals surface area (Å²) >= 11 is 0. The molecule has 2 heterocycles. The Kier molecular flexibility index (Phi) is 6.28. The van der Waals surface area contributed by atoms with E-state index in [2.05, 4.69) is 5.32 Å². The van der Waals surface area contributed by atoms with Crippen molar-refractivity contribution in [1.82, 2.24) is 10.2 Å². The number of amides is 2. The standard InChI is InChI=1S/C21H29FN2O2/c22-18-8-6-17(7-9-18)16-21(12-10-19(25)23-21)13-11-20(26)24-14-4-2-1-3-5-15-24/h6-9H,1-5,10-16H2,(H,23,25). The normalized spacial score (nSPS) is 24.0. The van der Waals surface area contributed by atoms with E-state index >= 15 is 0 Å². The van der Waals surface area contributed by atoms with Crippen LogP contribution in [0.4, 0.5) is 4.39 Å². The van der Waals surface area contributed by atoms with E-state index in [1.807, 2.05) is 4.90 Å². The minimum Gasteiger partial charge on any atom is -0.350 e. The summed E-state index contributed by atoms with van der Waals surface area (Å²) in [5.41, 5.74) is 0.611. The summed E-state index contributed by atoms with van der Waals surface area (Å²) in [6.45, 7) is 1.71. The number of carbonyl (C=O) groups is 2. The molecule has 4 nitrogen and oxygen atoms in total. The number of benzene rings is 1. The van der Waals surface area contributed by atoms with Crippen molar-refractivity contribution in [2.24, 2.45) is 0 Å². The molecule has 0 saturated carbocycles. The van der Waals surface area contributed by atoms with Crippen LogP contribution in [0, 0.1) is 5.82 Å². The predicted octanol–water partition coefficient (Wildman–Crippen LogP) is 3.59. The predicted molar refractivity (Wildman–Crippen MR) is 99.1 cm³/mol. The topological polar surface area (TPSA) is 49.4 Å². The molecule has 3 rings (SSSR count). The molecule has 0 aromatic heterocycles. The lowest BCUT2D eigenvalue weighted by atomic mass is 9.85. The first-order chi connectivity index (χ1) is 12.6. The zero-order valence-corrected chi connectivity index (χ0v) is 15.4. The highest BCUT2D eigenvalue weighted by molar-refractivity contribution is 5.80. The van der Waals surface area contributed by atoms with Gasteiger partial charge in [-0.15, -0.1) is 0 Å². The Morgan fingerprint density at radius 3 is 2.35 bits per heavy atom. The second kappa shape index (κ2) is 8.65. The highest BCUT2D eigenvalue weighted by Gasteiger charge is 2.38. The number of carbonyl (C=O) groups excluding carboxylic acids is 2. The molecular formula is C21H29FN2O2. The van der Waals surface area contributed by atoms with Gasteiger partial charge in [0, 0.05) is 31.5 Å². The van der Waals surface area contributed by atoms with Gasteiger partial charge >= 0.3 is 0 Å². The molecule has 142 valence electrons. The number of rotatable bonds is 5. The number of halogens is 1. The summed E-state index contributed by atoms with van der Waals surface area (Å²) in [5, 5.41) is 3.11. The van der Waals surface area contributed by atoms with Gasteiger partial charge in [0.2, 0.25) is 11.8 Å². The lowest BCUT2D eigenvalue weighted by molar-refractivity contribution is -0.132. The number of hydrogen-bond acceptors (Lipinski definition) is 2. The van der Waals surface area contributed by atoms with Crippen molar-refractivity contribution in [1.29, 1.82) is 0 Å². The minimum atomic E-state index is -0.382. The highest BCUT2D eigenvalue weighted by atomic mass is 19.1. The molecule has 1 N–H and O–H groups in total. The zero-order valence-electron chi connectivity index (χ0n) is 15.4. The Hall–Kier alpha value is -1.91. The first-order valence-electron chi connectivity index (χ1n) is 9.90. The van der Waals surface area contributed by atoms with Crippen LogP contribution < -0.4 is 5.32 Å². The summed E-state index contributed by atoms with van der Waals surface area (Å²) < 4.78 is 13.2. The molecular weight excluding hydrogens is 331 g/mol. The summed E-state index contributed by atoms with van der Waals surface area (Å²) in [4.78, 5) is 26.6. The van der Waals surface area contributed by atoms with E-state index in [0.717, 1.165) is 37.9 Å². The van der Waals surface area contributed by atoms with Gasteiger partial charge in [-0.25, -0.2) is 4.39 Å². The Morgan fingerprint density at radius 2 is 1.73 bits per heavy atom. The Morgan fingerprint density at radius 1 is 1.08 bits per heavy atom. The van der Waals surface area contributed by atoms with Crippen LogP contribution in [0.3, 0.4) is 0 Å². The molecule has 1 unspecified atom stereocenters. The van der Waals surface area contributed by atoms with Crippen molar-refractivity contribution < 1.29 is 14.0 Å². The summed E-state index contributed by atoms with van der Waals surface area (Å²) in [7, 11) is 0. The van der Waals surface area contributed by atoms with Crippen molar-refractivity contribution in [3.8, 4) is 0 Å². The van der Waals surface area contributed by atoms with Gasteiger partial charge in [0.25, 0.3) is 0 Å². The smallest absolute Gasteiger partial charge is 0.222 e. The summed E-state index contributed by atoms with van der Waals surface area (Å²) in [6, 6.07) is 6.43. The van der Waals surface area contributed by atoms with Gasteiger partial charge in [-0.1, -0.05) is 31.4 Å². The number of nitrogens with one attached hydrogen (secondary N) is 1. The maximum absolute atomic E-state index is 13.2. The van der Waals surface area contributed by atoms with Crippen molar-refractivity contribution in [3.05, 3.63) is 35.6 Å². The van der Waals surface area contributed by atoms with E-state index in [1.54, 1.807) is 12.1 Å². The Labute approximate surface area is 155 Å². The van der Waals surface area contributed by atoms with Crippen molar-refractivity contribution >= 4 is 11.8 Å². The molecule has 5 heteroatoms. The third-order valence-electron chi connectivity index (χ3n) is 5.72. The maximum atomic E-state index is 13.2. The van der Waals surface area contributed by atoms with Gasteiger partial charge in [-0.2, -0.15) is 0 Å². The van der Waals surface area contributed by atoms with E-state index < -0.39 is 0 Å². The molecule has 2 aliphatic heterocycles. The van der Waals surface area contributed by atoms with E-state index in [-0.39, 0.29) is 23.2 Å². The molecule has 2 fully saturated rings. The number of nitrogens with zero attached hydrogens (tertiary/aromatic N) is 1. The average Bonchev–Trinajstić information content (AvgIpc) is 2.96. The maximum Gasteiger partial charge on any atom is 0.222 e. The van der Waals surface area contributed by atoms with Crippen LogP contribution in [0.15, 0.2) is 24.3 Å². The average molecular weight is 360 g/mol. The van der Waals surface area contributed by atoms with Crippen LogP contribution in [0.1, 0.15) is 63.4 Å². The van der Waals surface area contributed by atoms with Gasteiger partial charge in [0.05, 0.1) is 0 Å². The van der Waals surface area contributed by atoms with E-state index in [4.69, 9.17) is 0 Å². The molecule has 26 heavy (non-hydrogen) atoms. The van der Waals surface area contributed by atoms with Gasteiger partial charge < -0.3 is 10.2 Å². The fraction of sp³-hybridized carbons (Fsp3) is 0.619. The molecule has 0 aliphatic carbocycles. The van der Waals surface area contributed by atoms with Gasteiger partial charge in [-0.05, 0) is 49.8 Å². The molecule has 0 spiro atoms. The summed E-state index contributed by atoms with van der Waals surface area (Å²) in [6.07, 6.45) is 8.83. The largest absolute Gasteiger partial charge is 0.350 e. The zero-order chi connectivity index (χ0) is 18.4. The van der Waals surface area contributed by atoms with Crippen LogP contribution in [-0.4, -0.2) is 35.3 Å². The van der Waals surface area contributed by atoms with Gasteiger partial charge in [0.15, 0.2) is 0 Å². The van der Waals surface area contributed by atoms with Gasteiger partial charge in [0.1, 0.15) is 5.82 Å². The van der Waals surface area contributed by atoms with Gasteiger partial charge in [-0.3, -0.25) is 9.59 Å². The highest BCUT2D eigenvalue weighted by Crippen LogP contribution is 2.30. The SMILES string of the molecule is O=C1CCC(CCC(=O)N2CCCCCCC2)(Cc2ccc(F)cc2)N1. The second-order valence-corrected chi connectivity index (χ2v) is 7.78. The fourth-order valence-corrected chi connectivity index (χ4v) is 4.18. The number of likely N-dealkylation sites (tertiary alicyclic amines) is 1. The lowest BCUT2D eigenvalue weighted by Crippen LogP contribution is -2.45. The van der Waals surface area contributed by atoms with Crippen molar-refractivity contribution in [2.75, 3.05) is 13.1 Å². The first kappa shape index (κ1) is 18.9. The Bertz CT molecular complexity index is 623. The van der Waals surface area contributed by atoms with Crippen LogP contribution >= 0.6 is 0 Å².